The molecule has 10 heteroatoms. The lowest BCUT2D eigenvalue weighted by atomic mass is 9.99. The van der Waals surface area contributed by atoms with E-state index < -0.39 is 6.36 Å². The van der Waals surface area contributed by atoms with Crippen LogP contribution in [0.3, 0.4) is 0 Å². The number of carbonyl (C=O) groups excluding carboxylic acids is 1. The Morgan fingerprint density at radius 2 is 1.79 bits per heavy atom. The van der Waals surface area contributed by atoms with Crippen LogP contribution >= 0.6 is 0 Å². The lowest BCUT2D eigenvalue weighted by molar-refractivity contribution is -0.274. The van der Waals surface area contributed by atoms with Gasteiger partial charge in [0, 0.05) is 19.7 Å². The fraction of sp³-hybridized carbons (Fsp3) is 0.263. The first-order valence-electron chi connectivity index (χ1n) is 8.62. The highest BCUT2D eigenvalue weighted by molar-refractivity contribution is 5.75. The smallest absolute Gasteiger partial charge is 0.406 e. The van der Waals surface area contributed by atoms with Crippen molar-refractivity contribution < 1.29 is 22.7 Å². The van der Waals surface area contributed by atoms with Gasteiger partial charge in [-0.1, -0.05) is 36.4 Å². The summed E-state index contributed by atoms with van der Waals surface area (Å²) in [5.74, 6) is -0.0720. The molecule has 0 atom stereocenters. The number of ether oxygens (including phenoxy) is 1. The van der Waals surface area contributed by atoms with Crippen LogP contribution in [0.5, 0.6) is 5.75 Å². The molecule has 3 rings (SSSR count). The third kappa shape index (κ3) is 5.53. The van der Waals surface area contributed by atoms with E-state index in [2.05, 4.69) is 20.1 Å². The van der Waals surface area contributed by atoms with E-state index >= 15 is 0 Å². The highest BCUT2D eigenvalue weighted by Gasteiger charge is 2.30. The molecule has 0 aliphatic heterocycles. The van der Waals surface area contributed by atoms with E-state index in [-0.39, 0.29) is 18.2 Å². The van der Waals surface area contributed by atoms with E-state index in [0.717, 1.165) is 16.7 Å². The van der Waals surface area contributed by atoms with Gasteiger partial charge in [0.15, 0.2) is 0 Å². The first-order valence-corrected chi connectivity index (χ1v) is 8.62. The molecule has 7 nitrogen and oxygen atoms in total. The van der Waals surface area contributed by atoms with Gasteiger partial charge in [0.05, 0.1) is 0 Å². The Hall–Kier alpha value is -3.43. The number of amides is 1. The molecule has 0 bridgehead atoms. The number of carbonyl (C=O) groups is 1. The van der Waals surface area contributed by atoms with E-state index in [1.165, 1.54) is 21.8 Å². The topological polar surface area (TPSA) is 73.1 Å². The van der Waals surface area contributed by atoms with Gasteiger partial charge < -0.3 is 9.64 Å². The van der Waals surface area contributed by atoms with Gasteiger partial charge >= 0.3 is 6.36 Å². The number of hydrogen-bond acceptors (Lipinski definition) is 5. The molecule has 1 aromatic heterocycles. The summed E-state index contributed by atoms with van der Waals surface area (Å²) in [6, 6.07) is 13.0. The maximum Gasteiger partial charge on any atom is 0.573 e. The van der Waals surface area contributed by atoms with Crippen molar-refractivity contribution in [3.63, 3.8) is 0 Å². The van der Waals surface area contributed by atoms with E-state index in [4.69, 9.17) is 0 Å². The largest absolute Gasteiger partial charge is 0.573 e. The van der Waals surface area contributed by atoms with Gasteiger partial charge in [-0.2, -0.15) is 4.80 Å². The Labute approximate surface area is 164 Å². The molecule has 0 unspecified atom stereocenters. The van der Waals surface area contributed by atoms with Gasteiger partial charge in [0.25, 0.3) is 0 Å². The van der Waals surface area contributed by atoms with Gasteiger partial charge in [-0.3, -0.25) is 4.79 Å². The van der Waals surface area contributed by atoms with Crippen molar-refractivity contribution >= 4 is 5.91 Å². The van der Waals surface area contributed by atoms with Crippen LogP contribution in [-0.2, 0) is 17.8 Å². The molecule has 0 saturated carbocycles. The molecule has 3 aromatic rings. The SMILES string of the molecule is CN(C)C(=O)Cn1nnc(-c2ccccc2Cc2ccc(OC(F)(F)F)cc2)n1. The molecular weight excluding hydrogens is 387 g/mol. The number of likely N-dealkylation sites (N-methyl/N-ethyl adjacent to an activating group) is 1. The van der Waals surface area contributed by atoms with Crippen LogP contribution in [0.15, 0.2) is 48.5 Å². The third-order valence-electron chi connectivity index (χ3n) is 4.04. The molecule has 1 amide bonds. The predicted octanol–water partition coefficient (Wildman–Crippen LogP) is 2.92. The molecular formula is C19H18F3N5O2. The van der Waals surface area contributed by atoms with Crippen molar-refractivity contribution in [1.82, 2.24) is 25.1 Å². The zero-order valence-corrected chi connectivity index (χ0v) is 15.7. The maximum atomic E-state index is 12.3. The average Bonchev–Trinajstić information content (AvgIpc) is 3.11. The maximum absolute atomic E-state index is 12.3. The Bertz CT molecular complexity index is 984. The number of halogens is 3. The zero-order chi connectivity index (χ0) is 21.0. The van der Waals surface area contributed by atoms with Crippen LogP contribution in [0.1, 0.15) is 11.1 Å². The van der Waals surface area contributed by atoms with Crippen molar-refractivity contribution in [1.29, 1.82) is 0 Å². The minimum atomic E-state index is -4.72. The Kier molecular flexibility index (Phi) is 5.81. The summed E-state index contributed by atoms with van der Waals surface area (Å²) in [5.41, 5.74) is 2.39. The summed E-state index contributed by atoms with van der Waals surface area (Å²) < 4.78 is 40.7. The second kappa shape index (κ2) is 8.29. The highest BCUT2D eigenvalue weighted by Crippen LogP contribution is 2.25. The summed E-state index contributed by atoms with van der Waals surface area (Å²) in [5, 5.41) is 12.2. The van der Waals surface area contributed by atoms with Crippen molar-refractivity contribution in [3.05, 3.63) is 59.7 Å². The number of alkyl halides is 3. The number of nitrogens with zero attached hydrogens (tertiary/aromatic N) is 5. The molecule has 152 valence electrons. The summed E-state index contributed by atoms with van der Waals surface area (Å²) in [6.07, 6.45) is -4.27. The quantitative estimate of drug-likeness (QED) is 0.631. The van der Waals surface area contributed by atoms with Crippen molar-refractivity contribution in [2.24, 2.45) is 0 Å². The van der Waals surface area contributed by atoms with Crippen LogP contribution < -0.4 is 4.74 Å². The summed E-state index contributed by atoms with van der Waals surface area (Å²) in [4.78, 5) is 14.5. The number of aromatic nitrogens is 4. The van der Waals surface area contributed by atoms with Crippen LogP contribution in [0.4, 0.5) is 13.2 Å². The Morgan fingerprint density at radius 1 is 1.10 bits per heavy atom. The van der Waals surface area contributed by atoms with Crippen molar-refractivity contribution in [3.8, 4) is 17.1 Å². The monoisotopic (exact) mass is 405 g/mol. The molecule has 0 fully saturated rings. The molecule has 0 spiro atoms. The number of tetrazole rings is 1. The average molecular weight is 405 g/mol. The number of rotatable bonds is 6. The van der Waals surface area contributed by atoms with Crippen molar-refractivity contribution in [2.45, 2.75) is 19.3 Å². The second-order valence-corrected chi connectivity index (χ2v) is 6.46. The van der Waals surface area contributed by atoms with Crippen LogP contribution in [0, 0.1) is 0 Å². The Morgan fingerprint density at radius 3 is 2.45 bits per heavy atom. The number of benzene rings is 2. The number of hydrogen-bond donors (Lipinski definition) is 0. The van der Waals surface area contributed by atoms with Crippen LogP contribution in [0.25, 0.3) is 11.4 Å². The van der Waals surface area contributed by atoms with Gasteiger partial charge in [0.2, 0.25) is 11.7 Å². The van der Waals surface area contributed by atoms with E-state index in [9.17, 15) is 18.0 Å². The molecule has 0 radical (unpaired) electrons. The third-order valence-corrected chi connectivity index (χ3v) is 4.04. The molecule has 2 aromatic carbocycles. The lowest BCUT2D eigenvalue weighted by Gasteiger charge is -2.10. The Balaban J connectivity index is 1.78. The second-order valence-electron chi connectivity index (χ2n) is 6.46. The normalized spacial score (nSPS) is 11.3. The molecule has 0 aliphatic rings. The zero-order valence-electron chi connectivity index (χ0n) is 15.7. The molecule has 29 heavy (non-hydrogen) atoms. The summed E-state index contributed by atoms with van der Waals surface area (Å²) in [6.45, 7) is -0.0250. The molecule has 0 saturated heterocycles. The lowest BCUT2D eigenvalue weighted by Crippen LogP contribution is -2.27. The minimum absolute atomic E-state index is 0.0250. The van der Waals surface area contributed by atoms with E-state index in [0.29, 0.717) is 12.2 Å². The summed E-state index contributed by atoms with van der Waals surface area (Å²) >= 11 is 0. The van der Waals surface area contributed by atoms with Gasteiger partial charge in [-0.05, 0) is 34.9 Å². The van der Waals surface area contributed by atoms with E-state index in [1.807, 2.05) is 24.3 Å². The van der Waals surface area contributed by atoms with Crippen LogP contribution in [0.2, 0.25) is 0 Å². The first-order chi connectivity index (χ1) is 13.7. The molecule has 0 aliphatic carbocycles. The molecule has 0 N–H and O–H groups in total. The van der Waals surface area contributed by atoms with Gasteiger partial charge in [-0.25, -0.2) is 0 Å². The van der Waals surface area contributed by atoms with Crippen LogP contribution in [-0.4, -0.2) is 51.5 Å². The predicted molar refractivity (Wildman–Crippen MR) is 97.9 cm³/mol. The fourth-order valence-corrected chi connectivity index (χ4v) is 2.60. The fourth-order valence-electron chi connectivity index (χ4n) is 2.60. The molecule has 1 heterocycles. The standard InChI is InChI=1S/C19H18F3N5O2/c1-26(2)17(28)12-27-24-18(23-25-27)16-6-4-3-5-14(16)11-13-7-9-15(10-8-13)29-19(20,21)22/h3-10H,11-12H2,1-2H3. The van der Waals surface area contributed by atoms with Crippen molar-refractivity contribution in [2.75, 3.05) is 14.1 Å². The van der Waals surface area contributed by atoms with Gasteiger partial charge in [-0.15, -0.1) is 23.4 Å². The minimum Gasteiger partial charge on any atom is -0.406 e. The van der Waals surface area contributed by atoms with Gasteiger partial charge in [0.1, 0.15) is 12.3 Å². The van der Waals surface area contributed by atoms with E-state index in [1.54, 1.807) is 26.2 Å². The first kappa shape index (κ1) is 20.3. The summed E-state index contributed by atoms with van der Waals surface area (Å²) in [7, 11) is 3.28. The highest BCUT2D eigenvalue weighted by atomic mass is 19.4.